The zero-order valence-electron chi connectivity index (χ0n) is 7.60. The number of rotatable bonds is 4. The Balaban J connectivity index is 2.98. The van der Waals surface area contributed by atoms with Gasteiger partial charge in [-0.2, -0.15) is 22.4 Å². The normalized spacial score (nSPS) is 10.6. The molecule has 1 aromatic heterocycles. The molecule has 1 rings (SSSR count). The number of hydrogen-bond acceptors (Lipinski definition) is 4. The van der Waals surface area contributed by atoms with Gasteiger partial charge in [-0.15, -0.1) is 0 Å². The zero-order valence-corrected chi connectivity index (χ0v) is 8.50. The first-order valence-electron chi connectivity index (χ1n) is 4.25. The van der Waals surface area contributed by atoms with Crippen molar-refractivity contribution in [3.8, 4) is 0 Å². The molecule has 0 spiro atoms. The maximum Gasteiger partial charge on any atom is 0.364 e. The molecule has 0 radical (unpaired) electrons. The maximum atomic E-state index is 11.4. The minimum absolute atomic E-state index is 0.266. The lowest BCUT2D eigenvalue weighted by molar-refractivity contribution is 0.628. The molecule has 1 heterocycles. The molecule has 0 saturated carbocycles. The fourth-order valence-electron chi connectivity index (χ4n) is 1.10. The predicted molar refractivity (Wildman–Crippen MR) is 54.5 cm³/mol. The molecular formula is C7H14N4OS. The summed E-state index contributed by atoms with van der Waals surface area (Å²) in [6.07, 6.45) is 1.65. The summed E-state index contributed by atoms with van der Waals surface area (Å²) >= 11 is 4.03. The van der Waals surface area contributed by atoms with Crippen molar-refractivity contribution in [1.29, 1.82) is 0 Å². The van der Waals surface area contributed by atoms with Crippen LogP contribution in [0.1, 0.15) is 19.2 Å². The summed E-state index contributed by atoms with van der Waals surface area (Å²) in [5.74, 6) is 6.74. The van der Waals surface area contributed by atoms with E-state index in [0.29, 0.717) is 18.1 Å². The van der Waals surface area contributed by atoms with Crippen molar-refractivity contribution in [1.82, 2.24) is 14.5 Å². The van der Waals surface area contributed by atoms with Crippen LogP contribution in [0, 0.1) is 0 Å². The van der Waals surface area contributed by atoms with Gasteiger partial charge >= 0.3 is 5.69 Å². The van der Waals surface area contributed by atoms with Gasteiger partial charge in [-0.05, 0) is 6.42 Å². The van der Waals surface area contributed by atoms with E-state index in [1.165, 1.54) is 4.68 Å². The first-order chi connectivity index (χ1) is 6.20. The lowest BCUT2D eigenvalue weighted by Crippen LogP contribution is -2.31. The fourth-order valence-corrected chi connectivity index (χ4v) is 1.29. The van der Waals surface area contributed by atoms with Gasteiger partial charge in [0.15, 0.2) is 5.82 Å². The fraction of sp³-hybridized carbons (Fsp3) is 0.714. The quantitative estimate of drug-likeness (QED) is 0.517. The molecule has 0 unspecified atom stereocenters. The molecule has 1 aromatic rings. The van der Waals surface area contributed by atoms with Crippen LogP contribution in [0.2, 0.25) is 0 Å². The summed E-state index contributed by atoms with van der Waals surface area (Å²) in [7, 11) is 0. The van der Waals surface area contributed by atoms with Crippen LogP contribution in [0.4, 0.5) is 0 Å². The summed E-state index contributed by atoms with van der Waals surface area (Å²) in [6.45, 7) is 2.52. The van der Waals surface area contributed by atoms with Crippen LogP contribution < -0.4 is 11.5 Å². The van der Waals surface area contributed by atoms with Crippen molar-refractivity contribution >= 4 is 12.6 Å². The minimum Gasteiger partial charge on any atom is -0.333 e. The summed E-state index contributed by atoms with van der Waals surface area (Å²) in [4.78, 5) is 11.4. The largest absolute Gasteiger partial charge is 0.364 e. The van der Waals surface area contributed by atoms with Crippen LogP contribution in [0.3, 0.4) is 0 Å². The van der Waals surface area contributed by atoms with E-state index in [1.807, 2.05) is 6.92 Å². The Labute approximate surface area is 81.9 Å². The van der Waals surface area contributed by atoms with Gasteiger partial charge < -0.3 is 5.84 Å². The van der Waals surface area contributed by atoms with Crippen molar-refractivity contribution in [3.63, 3.8) is 0 Å². The molecule has 0 saturated heterocycles. The van der Waals surface area contributed by atoms with Gasteiger partial charge in [-0.3, -0.25) is 0 Å². The number of thiol groups is 1. The van der Waals surface area contributed by atoms with Crippen molar-refractivity contribution in [2.45, 2.75) is 26.3 Å². The smallest absolute Gasteiger partial charge is 0.333 e. The lowest BCUT2D eigenvalue weighted by atomic mass is 10.3. The third-order valence-electron chi connectivity index (χ3n) is 1.73. The third kappa shape index (κ3) is 2.06. The second-order valence-corrected chi connectivity index (χ2v) is 3.21. The Morgan fingerprint density at radius 3 is 2.85 bits per heavy atom. The molecule has 0 aromatic carbocycles. The molecule has 6 heteroatoms. The first-order valence-corrected chi connectivity index (χ1v) is 4.88. The van der Waals surface area contributed by atoms with E-state index < -0.39 is 0 Å². The molecule has 0 aliphatic carbocycles. The van der Waals surface area contributed by atoms with Crippen molar-refractivity contribution in [2.24, 2.45) is 0 Å². The molecule has 5 nitrogen and oxygen atoms in total. The van der Waals surface area contributed by atoms with Crippen molar-refractivity contribution in [3.05, 3.63) is 16.3 Å². The van der Waals surface area contributed by atoms with E-state index in [9.17, 15) is 4.79 Å². The summed E-state index contributed by atoms with van der Waals surface area (Å²) in [6, 6.07) is 0. The maximum absolute atomic E-state index is 11.4. The highest BCUT2D eigenvalue weighted by atomic mass is 32.1. The molecule has 13 heavy (non-hydrogen) atoms. The van der Waals surface area contributed by atoms with Gasteiger partial charge in [-0.25, -0.2) is 9.48 Å². The molecule has 2 N–H and O–H groups in total. The van der Waals surface area contributed by atoms with Gasteiger partial charge in [0.05, 0.1) is 6.54 Å². The highest BCUT2D eigenvalue weighted by Crippen LogP contribution is 1.93. The van der Waals surface area contributed by atoms with E-state index in [0.717, 1.165) is 17.5 Å². The van der Waals surface area contributed by atoms with Crippen LogP contribution >= 0.6 is 12.6 Å². The molecule has 0 aliphatic rings. The SMILES string of the molecule is CCCc1nn(CCS)c(=O)n1N. The Morgan fingerprint density at radius 2 is 2.31 bits per heavy atom. The predicted octanol–water partition coefficient (Wildman–Crippen LogP) is -0.359. The Hall–Kier alpha value is -0.910. The average molecular weight is 202 g/mol. The molecular weight excluding hydrogens is 188 g/mol. The summed E-state index contributed by atoms with van der Waals surface area (Å²) in [5.41, 5.74) is -0.266. The Kier molecular flexibility index (Phi) is 3.41. The minimum atomic E-state index is -0.266. The number of nitrogens with two attached hydrogens (primary N) is 1. The van der Waals surface area contributed by atoms with Crippen molar-refractivity contribution < 1.29 is 0 Å². The Morgan fingerprint density at radius 1 is 1.62 bits per heavy atom. The number of aromatic nitrogens is 3. The van der Waals surface area contributed by atoms with Crippen LogP contribution in [0.15, 0.2) is 4.79 Å². The van der Waals surface area contributed by atoms with E-state index in [4.69, 9.17) is 5.84 Å². The Bertz CT molecular complexity index is 330. The highest BCUT2D eigenvalue weighted by molar-refractivity contribution is 7.80. The van der Waals surface area contributed by atoms with E-state index >= 15 is 0 Å². The van der Waals surface area contributed by atoms with Crippen LogP contribution in [0.5, 0.6) is 0 Å². The van der Waals surface area contributed by atoms with E-state index in [1.54, 1.807) is 0 Å². The average Bonchev–Trinajstić information content (AvgIpc) is 2.36. The van der Waals surface area contributed by atoms with Gasteiger partial charge in [0, 0.05) is 12.2 Å². The molecule has 0 fully saturated rings. The number of aryl methyl sites for hydroxylation is 2. The standard InChI is InChI=1S/C7H14N4OS/c1-2-3-6-9-10(4-5-13)7(12)11(6)8/h13H,2-5,8H2,1H3. The number of hydrogen-bond donors (Lipinski definition) is 2. The number of nitrogens with zero attached hydrogens (tertiary/aromatic N) is 3. The molecule has 74 valence electrons. The van der Waals surface area contributed by atoms with Crippen molar-refractivity contribution in [2.75, 3.05) is 11.6 Å². The van der Waals surface area contributed by atoms with Gasteiger partial charge in [0.1, 0.15) is 0 Å². The van der Waals surface area contributed by atoms with Gasteiger partial charge in [0.2, 0.25) is 0 Å². The second kappa shape index (κ2) is 4.36. The van der Waals surface area contributed by atoms with E-state index in [2.05, 4.69) is 17.7 Å². The zero-order chi connectivity index (χ0) is 9.84. The highest BCUT2D eigenvalue weighted by Gasteiger charge is 2.08. The third-order valence-corrected chi connectivity index (χ3v) is 1.93. The monoisotopic (exact) mass is 202 g/mol. The topological polar surface area (TPSA) is 65.8 Å². The lowest BCUT2D eigenvalue weighted by Gasteiger charge is -1.93. The van der Waals surface area contributed by atoms with Gasteiger partial charge in [-0.1, -0.05) is 6.92 Å². The van der Waals surface area contributed by atoms with Crippen LogP contribution in [0.25, 0.3) is 0 Å². The second-order valence-electron chi connectivity index (χ2n) is 2.77. The first kappa shape index (κ1) is 10.2. The molecule has 0 amide bonds. The van der Waals surface area contributed by atoms with Gasteiger partial charge in [0.25, 0.3) is 0 Å². The number of nitrogen functional groups attached to an aromatic ring is 1. The summed E-state index contributed by atoms with van der Waals surface area (Å²) in [5, 5.41) is 4.08. The van der Waals surface area contributed by atoms with Crippen LogP contribution in [-0.4, -0.2) is 20.2 Å². The van der Waals surface area contributed by atoms with Crippen LogP contribution in [-0.2, 0) is 13.0 Å². The summed E-state index contributed by atoms with van der Waals surface area (Å²) < 4.78 is 2.45. The van der Waals surface area contributed by atoms with E-state index in [-0.39, 0.29) is 5.69 Å². The molecule has 0 bridgehead atoms. The molecule has 0 atom stereocenters. The molecule has 0 aliphatic heterocycles.